The monoisotopic (exact) mass is 437 g/mol. The van der Waals surface area contributed by atoms with Crippen LogP contribution in [0.5, 0.6) is 0 Å². The molecule has 0 saturated heterocycles. The molecule has 0 radical (unpaired) electrons. The van der Waals surface area contributed by atoms with E-state index in [2.05, 4.69) is 39.9 Å². The molecule has 10 heteroatoms. The Labute approximate surface area is 189 Å². The van der Waals surface area contributed by atoms with Crippen LogP contribution < -0.4 is 21.4 Å². The van der Waals surface area contributed by atoms with Crippen molar-refractivity contribution in [3.63, 3.8) is 0 Å². The number of nitrogens with zero attached hydrogens (tertiary/aromatic N) is 4. The molecule has 1 aromatic carbocycles. The minimum atomic E-state index is -0.0868. The van der Waals surface area contributed by atoms with Crippen LogP contribution in [0.1, 0.15) is 19.4 Å². The van der Waals surface area contributed by atoms with Gasteiger partial charge in [0.05, 0.1) is 19.2 Å². The zero-order valence-electron chi connectivity index (χ0n) is 19.4. The highest BCUT2D eigenvalue weighted by Gasteiger charge is 2.15. The molecule has 170 valence electrons. The summed E-state index contributed by atoms with van der Waals surface area (Å²) in [6.07, 6.45) is 1.79. The number of aliphatic hydroxyl groups excluding tert-OH is 1. The number of nitrogens with one attached hydrogen (secondary N) is 3. The summed E-state index contributed by atoms with van der Waals surface area (Å²) in [4.78, 5) is 18.4. The Hall–Kier alpha value is -3.11. The predicted octanol–water partition coefficient (Wildman–Crippen LogP) is 0.529. The fraction of sp³-hybridized carbons (Fsp3) is 0.409. The fourth-order valence-electron chi connectivity index (χ4n) is 3.27. The molecule has 4 N–H and O–H groups in total. The van der Waals surface area contributed by atoms with Gasteiger partial charge in [0, 0.05) is 24.5 Å². The first-order valence-corrected chi connectivity index (χ1v) is 10.8. The fourth-order valence-corrected chi connectivity index (χ4v) is 3.27. The second-order valence-electron chi connectivity index (χ2n) is 8.60. The van der Waals surface area contributed by atoms with Crippen molar-refractivity contribution in [2.45, 2.75) is 26.4 Å². The molecular weight excluding hydrogens is 405 g/mol. The summed E-state index contributed by atoms with van der Waals surface area (Å²) in [6.45, 7) is 5.07. The SMILES string of the molecule is Bc1cnn2c(NCc3ccc(NC(=O)CN(C)C)cc3)cc(N[C@@H](CO)C(C)C)nc12. The molecule has 0 bridgehead atoms. The van der Waals surface area contributed by atoms with Crippen LogP contribution in [0.25, 0.3) is 5.65 Å². The van der Waals surface area contributed by atoms with Gasteiger partial charge in [0.1, 0.15) is 19.5 Å². The zero-order valence-corrected chi connectivity index (χ0v) is 19.4. The van der Waals surface area contributed by atoms with Gasteiger partial charge in [-0.15, -0.1) is 0 Å². The van der Waals surface area contributed by atoms with Gasteiger partial charge in [-0.3, -0.25) is 4.79 Å². The summed E-state index contributed by atoms with van der Waals surface area (Å²) in [5.41, 5.74) is 3.57. The minimum Gasteiger partial charge on any atom is -0.394 e. The van der Waals surface area contributed by atoms with Crippen molar-refractivity contribution in [2.75, 3.05) is 43.2 Å². The van der Waals surface area contributed by atoms with Gasteiger partial charge in [0.25, 0.3) is 0 Å². The number of aliphatic hydroxyl groups is 1. The number of hydrogen-bond acceptors (Lipinski definition) is 7. The molecule has 0 spiro atoms. The topological polar surface area (TPSA) is 107 Å². The van der Waals surface area contributed by atoms with Crippen LogP contribution in [0.15, 0.2) is 36.5 Å². The maximum atomic E-state index is 11.9. The molecule has 2 aromatic heterocycles. The van der Waals surface area contributed by atoms with Crippen LogP contribution in [0.4, 0.5) is 17.3 Å². The van der Waals surface area contributed by atoms with E-state index < -0.39 is 0 Å². The average molecular weight is 437 g/mol. The molecule has 1 atom stereocenters. The molecule has 32 heavy (non-hydrogen) atoms. The third-order valence-electron chi connectivity index (χ3n) is 5.15. The number of likely N-dealkylation sites (N-methyl/N-ethyl adjacent to an activating group) is 1. The quantitative estimate of drug-likeness (QED) is 0.343. The number of amides is 1. The van der Waals surface area contributed by atoms with E-state index in [4.69, 9.17) is 0 Å². The second kappa shape index (κ2) is 10.5. The van der Waals surface area contributed by atoms with E-state index in [9.17, 15) is 9.90 Å². The van der Waals surface area contributed by atoms with Gasteiger partial charge in [-0.05, 0) is 43.2 Å². The van der Waals surface area contributed by atoms with E-state index in [-0.39, 0.29) is 24.5 Å². The Balaban J connectivity index is 1.73. The van der Waals surface area contributed by atoms with E-state index in [1.54, 1.807) is 10.7 Å². The number of hydrogen-bond donors (Lipinski definition) is 4. The van der Waals surface area contributed by atoms with Crippen molar-refractivity contribution in [1.29, 1.82) is 0 Å². The molecule has 3 rings (SSSR count). The van der Waals surface area contributed by atoms with Crippen LogP contribution in [0, 0.1) is 5.92 Å². The Morgan fingerprint density at radius 1 is 1.25 bits per heavy atom. The Bertz CT molecular complexity index is 1050. The second-order valence-corrected chi connectivity index (χ2v) is 8.60. The van der Waals surface area contributed by atoms with Crippen LogP contribution >= 0.6 is 0 Å². The smallest absolute Gasteiger partial charge is 0.238 e. The molecule has 0 fully saturated rings. The highest BCUT2D eigenvalue weighted by atomic mass is 16.3. The Kier molecular flexibility index (Phi) is 7.71. The van der Waals surface area contributed by atoms with E-state index in [0.717, 1.165) is 28.2 Å². The predicted molar refractivity (Wildman–Crippen MR) is 131 cm³/mol. The van der Waals surface area contributed by atoms with Crippen LogP contribution in [0.2, 0.25) is 0 Å². The maximum Gasteiger partial charge on any atom is 0.238 e. The standard InChI is InChI=1S/C22H32BN7O2/c1-14(2)18(13-31)27-19-9-20(30-22(28-19)17(23)11-25-30)24-10-15-5-7-16(8-6-15)26-21(32)12-29(3)4/h5-9,11,14,18,24,31H,10,12-13,23H2,1-4H3,(H,26,32)(H,27,28)/t18-/m0/s1. The van der Waals surface area contributed by atoms with Gasteiger partial charge in [-0.1, -0.05) is 26.0 Å². The van der Waals surface area contributed by atoms with Crippen LogP contribution in [-0.4, -0.2) is 71.6 Å². The lowest BCUT2D eigenvalue weighted by atomic mass is 10.0. The number of anilines is 3. The van der Waals surface area contributed by atoms with Gasteiger partial charge >= 0.3 is 0 Å². The van der Waals surface area contributed by atoms with Crippen molar-refractivity contribution in [3.05, 3.63) is 42.1 Å². The maximum absolute atomic E-state index is 11.9. The van der Waals surface area contributed by atoms with E-state index in [0.29, 0.717) is 18.9 Å². The summed E-state index contributed by atoms with van der Waals surface area (Å²) in [6, 6.07) is 9.56. The number of carbonyl (C=O) groups excluding carboxylic acids is 1. The molecule has 1 amide bonds. The molecule has 9 nitrogen and oxygen atoms in total. The third kappa shape index (κ3) is 5.98. The lowest BCUT2D eigenvalue weighted by molar-refractivity contribution is -0.116. The summed E-state index contributed by atoms with van der Waals surface area (Å²) >= 11 is 0. The molecule has 3 aromatic rings. The first kappa shape index (κ1) is 23.6. The molecule has 0 aliphatic carbocycles. The number of fused-ring (bicyclic) bond motifs is 1. The Morgan fingerprint density at radius 3 is 2.59 bits per heavy atom. The number of rotatable bonds is 10. The minimum absolute atomic E-state index is 0.0307. The van der Waals surface area contributed by atoms with Gasteiger partial charge in [-0.25, -0.2) is 4.98 Å². The van der Waals surface area contributed by atoms with Crippen LogP contribution in [0.3, 0.4) is 0 Å². The normalized spacial score (nSPS) is 12.3. The molecule has 2 heterocycles. The number of benzene rings is 1. The average Bonchev–Trinajstić information content (AvgIpc) is 3.11. The zero-order chi connectivity index (χ0) is 23.3. The molecule has 0 aliphatic rings. The van der Waals surface area contributed by atoms with E-state index in [1.165, 1.54) is 0 Å². The van der Waals surface area contributed by atoms with Gasteiger partial charge < -0.3 is 26.0 Å². The Morgan fingerprint density at radius 2 is 1.97 bits per heavy atom. The van der Waals surface area contributed by atoms with Crippen molar-refractivity contribution in [3.8, 4) is 0 Å². The first-order valence-electron chi connectivity index (χ1n) is 10.8. The highest BCUT2D eigenvalue weighted by Crippen LogP contribution is 2.19. The van der Waals surface area contributed by atoms with Gasteiger partial charge in [0.15, 0.2) is 5.65 Å². The first-order chi connectivity index (χ1) is 15.3. The molecule has 0 saturated carbocycles. The largest absolute Gasteiger partial charge is 0.394 e. The summed E-state index contributed by atoms with van der Waals surface area (Å²) in [5.74, 6) is 1.71. The van der Waals surface area contributed by atoms with Gasteiger partial charge in [0.2, 0.25) is 5.91 Å². The summed E-state index contributed by atoms with van der Waals surface area (Å²) in [7, 11) is 5.69. The molecular formula is C22H32BN7O2. The van der Waals surface area contributed by atoms with Crippen molar-refractivity contribution >= 4 is 42.2 Å². The van der Waals surface area contributed by atoms with Crippen molar-refractivity contribution < 1.29 is 9.90 Å². The van der Waals surface area contributed by atoms with Crippen molar-refractivity contribution in [1.82, 2.24) is 19.5 Å². The van der Waals surface area contributed by atoms with E-state index >= 15 is 0 Å². The third-order valence-corrected chi connectivity index (χ3v) is 5.15. The lowest BCUT2D eigenvalue weighted by Crippen LogP contribution is -2.30. The summed E-state index contributed by atoms with van der Waals surface area (Å²) < 4.78 is 1.78. The van der Waals surface area contributed by atoms with Crippen molar-refractivity contribution in [2.24, 2.45) is 5.92 Å². The number of carbonyl (C=O) groups is 1. The lowest BCUT2D eigenvalue weighted by Gasteiger charge is -2.21. The van der Waals surface area contributed by atoms with Crippen LogP contribution in [-0.2, 0) is 11.3 Å². The number of aromatic nitrogens is 3. The molecule has 0 aliphatic heterocycles. The van der Waals surface area contributed by atoms with E-state index in [1.807, 2.05) is 57.2 Å². The van der Waals surface area contributed by atoms with Gasteiger partial charge in [-0.2, -0.15) is 9.61 Å². The summed E-state index contributed by atoms with van der Waals surface area (Å²) in [5, 5.41) is 23.8. The molecule has 0 unspecified atom stereocenters. The highest BCUT2D eigenvalue weighted by molar-refractivity contribution is 6.36.